The van der Waals surface area contributed by atoms with Gasteiger partial charge in [-0.25, -0.2) is 9.97 Å². The molecule has 29 heavy (non-hydrogen) atoms. The van der Waals surface area contributed by atoms with Gasteiger partial charge in [-0.1, -0.05) is 19.9 Å². The molecule has 1 unspecified atom stereocenters. The first-order chi connectivity index (χ1) is 13.5. The standard InChI is InChI=1S/C21H25F3N4O/c1-12(2)10-20(4,25)11-29-17-6-5-14(9-16(17)21(22,23)24)15-7-8-26-19-18(15)27-13(3)28-19/h5-9,12H,10-11,25H2,1-4H3,(H,26,27,28). The second-order valence-corrected chi connectivity index (χ2v) is 8.13. The normalized spacial score (nSPS) is 14.4. The summed E-state index contributed by atoms with van der Waals surface area (Å²) in [6.45, 7) is 7.56. The molecule has 3 aromatic rings. The molecule has 2 heterocycles. The zero-order chi connectivity index (χ0) is 21.4. The summed E-state index contributed by atoms with van der Waals surface area (Å²) in [6.07, 6.45) is -2.40. The van der Waals surface area contributed by atoms with Gasteiger partial charge in [0.25, 0.3) is 0 Å². The second kappa shape index (κ2) is 7.67. The van der Waals surface area contributed by atoms with E-state index in [2.05, 4.69) is 15.0 Å². The number of hydrogen-bond donors (Lipinski definition) is 2. The van der Waals surface area contributed by atoms with E-state index in [-0.39, 0.29) is 12.4 Å². The van der Waals surface area contributed by atoms with Crippen molar-refractivity contribution in [3.63, 3.8) is 0 Å². The van der Waals surface area contributed by atoms with Crippen LogP contribution < -0.4 is 10.5 Å². The van der Waals surface area contributed by atoms with Crippen molar-refractivity contribution in [3.8, 4) is 16.9 Å². The molecule has 0 spiro atoms. The molecule has 0 radical (unpaired) electrons. The number of nitrogens with two attached hydrogens (primary N) is 1. The van der Waals surface area contributed by atoms with Gasteiger partial charge in [0.15, 0.2) is 5.65 Å². The van der Waals surface area contributed by atoms with Crippen molar-refractivity contribution in [2.45, 2.75) is 45.8 Å². The number of nitrogens with one attached hydrogen (secondary N) is 1. The van der Waals surface area contributed by atoms with Crippen molar-refractivity contribution in [1.29, 1.82) is 0 Å². The molecule has 2 aromatic heterocycles. The first kappa shape index (κ1) is 21.1. The number of halogens is 3. The minimum atomic E-state index is -4.57. The van der Waals surface area contributed by atoms with Crippen LogP contribution >= 0.6 is 0 Å². The Morgan fingerprint density at radius 2 is 1.93 bits per heavy atom. The quantitative estimate of drug-likeness (QED) is 0.597. The van der Waals surface area contributed by atoms with Crippen LogP contribution in [0.2, 0.25) is 0 Å². The summed E-state index contributed by atoms with van der Waals surface area (Å²) in [5, 5.41) is 0. The van der Waals surface area contributed by atoms with Crippen molar-refractivity contribution in [3.05, 3.63) is 41.9 Å². The van der Waals surface area contributed by atoms with E-state index >= 15 is 0 Å². The van der Waals surface area contributed by atoms with E-state index in [1.807, 2.05) is 13.8 Å². The van der Waals surface area contributed by atoms with Crippen molar-refractivity contribution >= 4 is 11.2 Å². The number of H-pyrrole nitrogens is 1. The van der Waals surface area contributed by atoms with Crippen LogP contribution in [0.25, 0.3) is 22.3 Å². The molecule has 0 fully saturated rings. The summed E-state index contributed by atoms with van der Waals surface area (Å²) in [4.78, 5) is 11.5. The minimum Gasteiger partial charge on any atom is -0.491 e. The monoisotopic (exact) mass is 406 g/mol. The first-order valence-electron chi connectivity index (χ1n) is 9.41. The number of pyridine rings is 1. The molecule has 0 bridgehead atoms. The lowest BCUT2D eigenvalue weighted by Crippen LogP contribution is -2.43. The van der Waals surface area contributed by atoms with Crippen LogP contribution in [-0.4, -0.2) is 27.1 Å². The molecule has 0 aliphatic rings. The number of aromatic nitrogens is 3. The Kier molecular flexibility index (Phi) is 5.58. The largest absolute Gasteiger partial charge is 0.491 e. The van der Waals surface area contributed by atoms with E-state index in [4.69, 9.17) is 10.5 Å². The lowest BCUT2D eigenvalue weighted by Gasteiger charge is -2.27. The Labute approximate surface area is 167 Å². The number of ether oxygens (including phenoxy) is 1. The average Bonchev–Trinajstić information content (AvgIpc) is 2.98. The molecule has 0 amide bonds. The molecule has 0 saturated carbocycles. The molecule has 8 heteroatoms. The van der Waals surface area contributed by atoms with Crippen molar-refractivity contribution in [1.82, 2.24) is 15.0 Å². The summed E-state index contributed by atoms with van der Waals surface area (Å²) in [5.74, 6) is 0.723. The summed E-state index contributed by atoms with van der Waals surface area (Å²) >= 11 is 0. The van der Waals surface area contributed by atoms with Gasteiger partial charge in [-0.2, -0.15) is 13.2 Å². The molecule has 5 nitrogen and oxygen atoms in total. The molecule has 1 aromatic carbocycles. The molecule has 0 aliphatic carbocycles. The summed E-state index contributed by atoms with van der Waals surface area (Å²) in [5.41, 5.74) is 6.68. The Morgan fingerprint density at radius 1 is 1.21 bits per heavy atom. The van der Waals surface area contributed by atoms with Crippen molar-refractivity contribution in [2.24, 2.45) is 11.7 Å². The van der Waals surface area contributed by atoms with Crippen LogP contribution in [0.1, 0.15) is 38.6 Å². The first-order valence-corrected chi connectivity index (χ1v) is 9.41. The topological polar surface area (TPSA) is 76.8 Å². The molecule has 3 N–H and O–H groups in total. The van der Waals surface area contributed by atoms with E-state index in [1.54, 1.807) is 26.0 Å². The van der Waals surface area contributed by atoms with Gasteiger partial charge in [-0.3, -0.25) is 0 Å². The maximum atomic E-state index is 13.7. The Balaban J connectivity index is 1.98. The zero-order valence-corrected chi connectivity index (χ0v) is 16.9. The van der Waals surface area contributed by atoms with Crippen LogP contribution in [0.3, 0.4) is 0 Å². The fraction of sp³-hybridized carbons (Fsp3) is 0.429. The Morgan fingerprint density at radius 3 is 2.59 bits per heavy atom. The molecule has 1 atom stereocenters. The lowest BCUT2D eigenvalue weighted by molar-refractivity contribution is -0.139. The van der Waals surface area contributed by atoms with E-state index < -0.39 is 17.3 Å². The maximum absolute atomic E-state index is 13.7. The molecular weight excluding hydrogens is 381 g/mol. The van der Waals surface area contributed by atoms with Crippen LogP contribution in [0.4, 0.5) is 13.2 Å². The number of rotatable bonds is 6. The zero-order valence-electron chi connectivity index (χ0n) is 16.9. The molecule has 156 valence electrons. The molecular formula is C21H25F3N4O. The van der Waals surface area contributed by atoms with Gasteiger partial charge in [0.05, 0.1) is 11.1 Å². The van der Waals surface area contributed by atoms with Crippen LogP contribution in [0, 0.1) is 12.8 Å². The van der Waals surface area contributed by atoms with Crippen LogP contribution in [0.5, 0.6) is 5.75 Å². The number of alkyl halides is 3. The summed E-state index contributed by atoms with van der Waals surface area (Å²) < 4.78 is 46.8. The fourth-order valence-corrected chi connectivity index (χ4v) is 3.55. The third-order valence-corrected chi connectivity index (χ3v) is 4.54. The third kappa shape index (κ3) is 4.87. The second-order valence-electron chi connectivity index (χ2n) is 8.13. The number of aromatic amines is 1. The van der Waals surface area contributed by atoms with Crippen LogP contribution in [-0.2, 0) is 6.18 Å². The van der Waals surface area contributed by atoms with Gasteiger partial charge in [-0.05, 0) is 49.9 Å². The van der Waals surface area contributed by atoms with E-state index in [0.29, 0.717) is 40.5 Å². The van der Waals surface area contributed by atoms with Crippen LogP contribution in [0.15, 0.2) is 30.5 Å². The summed E-state index contributed by atoms with van der Waals surface area (Å²) in [7, 11) is 0. The van der Waals surface area contributed by atoms with Gasteiger partial charge in [0.2, 0.25) is 0 Å². The highest BCUT2D eigenvalue weighted by molar-refractivity contribution is 5.90. The Bertz CT molecular complexity index is 1010. The number of aryl methyl sites for hydroxylation is 1. The van der Waals surface area contributed by atoms with E-state index in [9.17, 15) is 13.2 Å². The van der Waals surface area contributed by atoms with Gasteiger partial charge in [-0.15, -0.1) is 0 Å². The molecule has 3 rings (SSSR count). The smallest absolute Gasteiger partial charge is 0.419 e. The van der Waals surface area contributed by atoms with Gasteiger partial charge in [0, 0.05) is 17.3 Å². The van der Waals surface area contributed by atoms with Crippen molar-refractivity contribution in [2.75, 3.05) is 6.61 Å². The van der Waals surface area contributed by atoms with Gasteiger partial charge in [0.1, 0.15) is 18.2 Å². The van der Waals surface area contributed by atoms with Crippen molar-refractivity contribution < 1.29 is 17.9 Å². The summed E-state index contributed by atoms with van der Waals surface area (Å²) in [6, 6.07) is 5.71. The highest BCUT2D eigenvalue weighted by Crippen LogP contribution is 2.40. The minimum absolute atomic E-state index is 0.00709. The predicted molar refractivity (Wildman–Crippen MR) is 107 cm³/mol. The fourth-order valence-electron chi connectivity index (χ4n) is 3.55. The predicted octanol–water partition coefficient (Wildman–Crippen LogP) is 5.09. The SMILES string of the molecule is Cc1nc2nccc(-c3ccc(OCC(C)(N)CC(C)C)c(C(F)(F)F)c3)c2[nH]1. The Hall–Kier alpha value is -2.61. The molecule has 0 saturated heterocycles. The maximum Gasteiger partial charge on any atom is 0.419 e. The third-order valence-electron chi connectivity index (χ3n) is 4.54. The lowest BCUT2D eigenvalue weighted by atomic mass is 9.93. The highest BCUT2D eigenvalue weighted by Gasteiger charge is 2.35. The number of nitrogens with zero attached hydrogens (tertiary/aromatic N) is 2. The number of imidazole rings is 1. The molecule has 0 aliphatic heterocycles. The van der Waals surface area contributed by atoms with Gasteiger partial charge < -0.3 is 15.5 Å². The van der Waals surface area contributed by atoms with Gasteiger partial charge >= 0.3 is 6.18 Å². The number of fused-ring (bicyclic) bond motifs is 1. The van der Waals surface area contributed by atoms with E-state index in [0.717, 1.165) is 6.07 Å². The van der Waals surface area contributed by atoms with E-state index in [1.165, 1.54) is 12.3 Å². The average molecular weight is 406 g/mol. The number of hydrogen-bond acceptors (Lipinski definition) is 4. The number of benzene rings is 1. The highest BCUT2D eigenvalue weighted by atomic mass is 19.4.